The Balaban J connectivity index is 2.52. The summed E-state index contributed by atoms with van der Waals surface area (Å²) in [6.45, 7) is 2.21. The van der Waals surface area contributed by atoms with Gasteiger partial charge in [-0.3, -0.25) is 4.79 Å². The number of rotatable bonds is 2. The van der Waals surface area contributed by atoms with E-state index in [4.69, 9.17) is 16.3 Å². The Labute approximate surface area is 135 Å². The highest BCUT2D eigenvalue weighted by atomic mass is 35.5. The molecule has 1 atom stereocenters. The van der Waals surface area contributed by atoms with Crippen LogP contribution in [0.25, 0.3) is 0 Å². The average molecular weight is 315 g/mol. The normalized spacial score (nSPS) is 26.0. The largest absolute Gasteiger partial charge is 0.431 e. The van der Waals surface area contributed by atoms with Gasteiger partial charge in [0.25, 0.3) is 0 Å². The molecule has 0 aromatic carbocycles. The van der Waals surface area contributed by atoms with Crippen molar-refractivity contribution in [3.05, 3.63) is 11.8 Å². The summed E-state index contributed by atoms with van der Waals surface area (Å²) in [6, 6.07) is 0. The van der Waals surface area contributed by atoms with E-state index in [0.29, 0.717) is 5.92 Å². The van der Waals surface area contributed by atoms with Crippen LogP contribution in [0.2, 0.25) is 0 Å². The Morgan fingerprint density at radius 3 is 2.14 bits per heavy atom. The van der Waals surface area contributed by atoms with E-state index >= 15 is 0 Å². The van der Waals surface area contributed by atoms with Gasteiger partial charge in [0.15, 0.2) is 0 Å². The molecule has 0 spiro atoms. The maximum atomic E-state index is 11.4. The Morgan fingerprint density at radius 1 is 1.05 bits per heavy atom. The van der Waals surface area contributed by atoms with E-state index in [1.165, 1.54) is 64.2 Å². The summed E-state index contributed by atoms with van der Waals surface area (Å²) in [7, 11) is 0. The maximum Gasteiger partial charge on any atom is 0.325 e. The fourth-order valence-corrected chi connectivity index (χ4v) is 2.98. The average Bonchev–Trinajstić information content (AvgIpc) is 2.47. The van der Waals surface area contributed by atoms with Crippen molar-refractivity contribution < 1.29 is 9.53 Å². The molecule has 1 aliphatic rings. The molecule has 3 heteroatoms. The first kappa shape index (κ1) is 18.5. The molecule has 0 saturated heterocycles. The van der Waals surface area contributed by atoms with Gasteiger partial charge in [0.05, 0.1) is 0 Å². The van der Waals surface area contributed by atoms with Crippen LogP contribution in [0, 0.1) is 5.92 Å². The molecule has 0 aliphatic heterocycles. The third kappa shape index (κ3) is 9.95. The zero-order valence-corrected chi connectivity index (χ0v) is 14.3. The molecule has 0 bridgehead atoms. The first-order valence-electron chi connectivity index (χ1n) is 8.69. The fraction of sp³-hybridized carbons (Fsp3) is 0.833. The molecule has 2 nitrogen and oxygen atoms in total. The molecule has 1 rings (SSSR count). The minimum Gasteiger partial charge on any atom is -0.431 e. The van der Waals surface area contributed by atoms with Crippen LogP contribution in [0.1, 0.15) is 84.0 Å². The number of halogens is 1. The first-order chi connectivity index (χ1) is 10.2. The molecule has 1 unspecified atom stereocenters. The number of alkyl halides is 1. The van der Waals surface area contributed by atoms with Crippen molar-refractivity contribution in [2.24, 2.45) is 5.92 Å². The lowest BCUT2D eigenvalue weighted by Gasteiger charge is -2.12. The summed E-state index contributed by atoms with van der Waals surface area (Å²) < 4.78 is 5.39. The minimum absolute atomic E-state index is 0.0638. The number of hydrogen-bond donors (Lipinski definition) is 0. The quantitative estimate of drug-likeness (QED) is 0.462. The molecule has 0 saturated carbocycles. The van der Waals surface area contributed by atoms with Crippen LogP contribution in [0.4, 0.5) is 0 Å². The Bertz CT molecular complexity index is 312. The van der Waals surface area contributed by atoms with E-state index in [9.17, 15) is 4.79 Å². The zero-order valence-electron chi connectivity index (χ0n) is 13.5. The maximum absolute atomic E-state index is 11.4. The molecule has 0 aromatic heterocycles. The Hall–Kier alpha value is -0.500. The molecule has 0 aromatic rings. The number of allylic oxidation sites excluding steroid dienone is 2. The minimum atomic E-state index is -0.326. The molecular weight excluding hydrogens is 284 g/mol. The summed E-state index contributed by atoms with van der Waals surface area (Å²) in [5, 5.41) is 0. The van der Waals surface area contributed by atoms with E-state index in [0.717, 1.165) is 18.6 Å². The van der Waals surface area contributed by atoms with Gasteiger partial charge in [-0.1, -0.05) is 64.7 Å². The topological polar surface area (TPSA) is 26.3 Å². The van der Waals surface area contributed by atoms with Crippen molar-refractivity contribution in [2.45, 2.75) is 84.0 Å². The van der Waals surface area contributed by atoms with Crippen LogP contribution in [0.5, 0.6) is 0 Å². The number of carbonyl (C=O) groups is 1. The predicted molar refractivity (Wildman–Crippen MR) is 89.5 cm³/mol. The monoisotopic (exact) mass is 314 g/mol. The smallest absolute Gasteiger partial charge is 0.325 e. The van der Waals surface area contributed by atoms with Crippen LogP contribution >= 0.6 is 11.6 Å². The van der Waals surface area contributed by atoms with E-state index in [1.807, 2.05) is 0 Å². The van der Waals surface area contributed by atoms with Gasteiger partial charge in [0.2, 0.25) is 0 Å². The highest BCUT2D eigenvalue weighted by molar-refractivity contribution is 6.26. The highest BCUT2D eigenvalue weighted by Gasteiger charge is 2.09. The van der Waals surface area contributed by atoms with Crippen LogP contribution in [-0.4, -0.2) is 11.8 Å². The summed E-state index contributed by atoms with van der Waals surface area (Å²) in [5.41, 5.74) is 0. The lowest BCUT2D eigenvalue weighted by molar-refractivity contribution is -0.136. The molecule has 1 aliphatic carbocycles. The summed E-state index contributed by atoms with van der Waals surface area (Å²) in [6.07, 6.45) is 17.3. The lowest BCUT2D eigenvalue weighted by Crippen LogP contribution is -2.07. The van der Waals surface area contributed by atoms with Crippen molar-refractivity contribution in [1.29, 1.82) is 0 Å². The Kier molecular flexibility index (Phi) is 10.7. The van der Waals surface area contributed by atoms with Gasteiger partial charge in [0, 0.05) is 6.42 Å². The van der Waals surface area contributed by atoms with Crippen LogP contribution in [-0.2, 0) is 9.53 Å². The van der Waals surface area contributed by atoms with Crippen LogP contribution in [0.15, 0.2) is 11.8 Å². The second-order valence-corrected chi connectivity index (χ2v) is 6.56. The molecular formula is C18H31ClO2. The van der Waals surface area contributed by atoms with Crippen molar-refractivity contribution in [3.63, 3.8) is 0 Å². The van der Waals surface area contributed by atoms with Crippen LogP contribution < -0.4 is 0 Å². The van der Waals surface area contributed by atoms with Gasteiger partial charge in [0.1, 0.15) is 11.6 Å². The molecule has 122 valence electrons. The SMILES string of the molecule is CC1/C=C(/OC(=O)CCl)CCCCCCCCCCCC1. The fourth-order valence-electron chi connectivity index (χ4n) is 2.92. The second kappa shape index (κ2) is 12.1. The molecule has 0 fully saturated rings. The summed E-state index contributed by atoms with van der Waals surface area (Å²) in [5.74, 6) is 0.926. The van der Waals surface area contributed by atoms with Crippen molar-refractivity contribution in [3.8, 4) is 0 Å². The number of hydrogen-bond acceptors (Lipinski definition) is 2. The third-order valence-electron chi connectivity index (χ3n) is 4.16. The van der Waals surface area contributed by atoms with Gasteiger partial charge in [-0.2, -0.15) is 0 Å². The third-order valence-corrected chi connectivity index (χ3v) is 4.38. The number of esters is 1. The standard InChI is InChI=1S/C18H31ClO2/c1-16-12-10-8-6-4-2-3-5-7-9-11-13-17(14-16)21-18(20)15-19/h14,16H,2-13,15H2,1H3/b17-14+. The van der Waals surface area contributed by atoms with Gasteiger partial charge in [-0.25, -0.2) is 0 Å². The zero-order chi connectivity index (χ0) is 15.3. The van der Waals surface area contributed by atoms with Crippen LogP contribution in [0.3, 0.4) is 0 Å². The second-order valence-electron chi connectivity index (χ2n) is 6.29. The van der Waals surface area contributed by atoms with Gasteiger partial charge in [-0.05, 0) is 24.8 Å². The lowest BCUT2D eigenvalue weighted by atomic mass is 10.0. The van der Waals surface area contributed by atoms with Crippen molar-refractivity contribution in [2.75, 3.05) is 5.88 Å². The van der Waals surface area contributed by atoms with Gasteiger partial charge >= 0.3 is 5.97 Å². The Morgan fingerprint density at radius 2 is 1.57 bits per heavy atom. The number of carbonyl (C=O) groups excluding carboxylic acids is 1. The number of ether oxygens (including phenoxy) is 1. The van der Waals surface area contributed by atoms with Crippen molar-refractivity contribution >= 4 is 17.6 Å². The van der Waals surface area contributed by atoms with Crippen molar-refractivity contribution in [1.82, 2.24) is 0 Å². The molecule has 21 heavy (non-hydrogen) atoms. The van der Waals surface area contributed by atoms with E-state index in [2.05, 4.69) is 13.0 Å². The van der Waals surface area contributed by atoms with E-state index in [-0.39, 0.29) is 11.8 Å². The molecule has 0 heterocycles. The molecule has 0 radical (unpaired) electrons. The van der Waals surface area contributed by atoms with Gasteiger partial charge in [-0.15, -0.1) is 11.6 Å². The molecule has 0 N–H and O–H groups in total. The van der Waals surface area contributed by atoms with Gasteiger partial charge < -0.3 is 4.74 Å². The summed E-state index contributed by atoms with van der Waals surface area (Å²) in [4.78, 5) is 11.4. The van der Waals surface area contributed by atoms with E-state index < -0.39 is 0 Å². The highest BCUT2D eigenvalue weighted by Crippen LogP contribution is 2.20. The first-order valence-corrected chi connectivity index (χ1v) is 9.23. The predicted octanol–water partition coefficient (Wildman–Crippen LogP) is 5.98. The molecule has 0 amide bonds. The summed E-state index contributed by atoms with van der Waals surface area (Å²) >= 11 is 5.54. The van der Waals surface area contributed by atoms with E-state index in [1.54, 1.807) is 0 Å².